The lowest BCUT2D eigenvalue weighted by molar-refractivity contribution is 0.0268. The predicted octanol–water partition coefficient (Wildman–Crippen LogP) is 4.76. The Morgan fingerprint density at radius 1 is 1.06 bits per heavy atom. The first-order chi connectivity index (χ1) is 14.5. The van der Waals surface area contributed by atoms with E-state index >= 15 is 0 Å². The lowest BCUT2D eigenvalue weighted by atomic mass is 10.1. The zero-order valence-electron chi connectivity index (χ0n) is 19.1. The lowest BCUT2D eigenvalue weighted by Gasteiger charge is -2.24. The van der Waals surface area contributed by atoms with Gasteiger partial charge < -0.3 is 24.8 Å². The Morgan fingerprint density at radius 2 is 1.81 bits per heavy atom. The summed E-state index contributed by atoms with van der Waals surface area (Å²) in [5, 5.41) is 6.57. The van der Waals surface area contributed by atoms with Crippen LogP contribution < -0.4 is 20.1 Å². The van der Waals surface area contributed by atoms with E-state index in [2.05, 4.69) is 27.5 Å². The highest BCUT2D eigenvalue weighted by Crippen LogP contribution is 2.32. The summed E-state index contributed by atoms with van der Waals surface area (Å²) in [6.45, 7) is 10.6. The van der Waals surface area contributed by atoms with Crippen molar-refractivity contribution in [3.8, 4) is 17.4 Å². The van der Waals surface area contributed by atoms with Crippen LogP contribution in [0.1, 0.15) is 39.7 Å². The Labute approximate surface area is 203 Å². The van der Waals surface area contributed by atoms with Crippen molar-refractivity contribution >= 4 is 29.9 Å². The standard InChI is InChI=1S/C23H34N4O3.HI/c1-6-15-29-19-12-8-9-13-20(19)30-21-18(11-10-14-25-21)16-26-22(24-7-2)27-17-23(3,4)28-5;/h8-14H,6-7,15-17H2,1-5H3,(H2,24,26,27);1H. The van der Waals surface area contributed by atoms with Crippen LogP contribution in [0.15, 0.2) is 47.6 Å². The van der Waals surface area contributed by atoms with Gasteiger partial charge in [-0.05, 0) is 45.4 Å². The van der Waals surface area contributed by atoms with E-state index in [1.54, 1.807) is 13.3 Å². The fourth-order valence-corrected chi connectivity index (χ4v) is 2.48. The van der Waals surface area contributed by atoms with Crippen molar-refractivity contribution in [1.82, 2.24) is 15.6 Å². The first kappa shape index (κ1) is 27.0. The summed E-state index contributed by atoms with van der Waals surface area (Å²) >= 11 is 0. The number of ether oxygens (including phenoxy) is 3. The van der Waals surface area contributed by atoms with Crippen LogP contribution in [0.5, 0.6) is 17.4 Å². The number of rotatable bonds is 11. The van der Waals surface area contributed by atoms with Gasteiger partial charge >= 0.3 is 0 Å². The number of nitrogens with zero attached hydrogens (tertiary/aromatic N) is 2. The molecule has 1 aromatic heterocycles. The van der Waals surface area contributed by atoms with Gasteiger partial charge in [0.15, 0.2) is 17.5 Å². The monoisotopic (exact) mass is 542 g/mol. The molecule has 2 N–H and O–H groups in total. The molecule has 0 radical (unpaired) electrons. The predicted molar refractivity (Wildman–Crippen MR) is 136 cm³/mol. The average molecular weight is 542 g/mol. The van der Waals surface area contributed by atoms with E-state index in [9.17, 15) is 0 Å². The largest absolute Gasteiger partial charge is 0.490 e. The number of benzene rings is 1. The second-order valence-electron chi connectivity index (χ2n) is 7.38. The first-order valence-electron chi connectivity index (χ1n) is 10.4. The number of aliphatic imine (C=N–C) groups is 1. The van der Waals surface area contributed by atoms with Crippen LogP contribution in [0, 0.1) is 0 Å². The smallest absolute Gasteiger partial charge is 0.224 e. The summed E-state index contributed by atoms with van der Waals surface area (Å²) in [5.41, 5.74) is 0.590. The van der Waals surface area contributed by atoms with Crippen LogP contribution in [-0.2, 0) is 11.3 Å². The summed E-state index contributed by atoms with van der Waals surface area (Å²) in [6, 6.07) is 11.5. The van der Waals surface area contributed by atoms with Gasteiger partial charge in [0.2, 0.25) is 5.88 Å². The van der Waals surface area contributed by atoms with Gasteiger partial charge in [0, 0.05) is 32.0 Å². The van der Waals surface area contributed by atoms with E-state index < -0.39 is 0 Å². The third-order valence-corrected chi connectivity index (χ3v) is 4.35. The van der Waals surface area contributed by atoms with Gasteiger partial charge in [-0.15, -0.1) is 24.0 Å². The molecule has 7 nitrogen and oxygen atoms in total. The first-order valence-corrected chi connectivity index (χ1v) is 10.4. The SMILES string of the molecule is CCCOc1ccccc1Oc1ncccc1CN=C(NCC)NCC(C)(C)OC.I. The lowest BCUT2D eigenvalue weighted by Crippen LogP contribution is -2.45. The molecule has 0 bridgehead atoms. The van der Waals surface area contributed by atoms with Crippen molar-refractivity contribution in [3.63, 3.8) is 0 Å². The highest BCUT2D eigenvalue weighted by atomic mass is 127. The molecule has 2 aromatic rings. The molecule has 0 saturated heterocycles. The molecular weight excluding hydrogens is 507 g/mol. The van der Waals surface area contributed by atoms with Crippen molar-refractivity contribution in [2.45, 2.75) is 46.3 Å². The summed E-state index contributed by atoms with van der Waals surface area (Å²) in [6.07, 6.45) is 2.64. The summed E-state index contributed by atoms with van der Waals surface area (Å²) < 4.78 is 17.4. The number of aromatic nitrogens is 1. The van der Waals surface area contributed by atoms with Crippen LogP contribution in [0.2, 0.25) is 0 Å². The second kappa shape index (κ2) is 14.1. The number of nitrogens with one attached hydrogen (secondary N) is 2. The normalized spacial score (nSPS) is 11.5. The van der Waals surface area contributed by atoms with Gasteiger partial charge in [0.25, 0.3) is 0 Å². The summed E-state index contributed by atoms with van der Waals surface area (Å²) in [4.78, 5) is 9.09. The number of pyridine rings is 1. The molecule has 1 aromatic carbocycles. The maximum absolute atomic E-state index is 6.10. The number of hydrogen-bond donors (Lipinski definition) is 2. The van der Waals surface area contributed by atoms with Crippen molar-refractivity contribution in [3.05, 3.63) is 48.2 Å². The van der Waals surface area contributed by atoms with Crippen molar-refractivity contribution < 1.29 is 14.2 Å². The highest BCUT2D eigenvalue weighted by Gasteiger charge is 2.16. The molecular formula is C23H35IN4O3. The van der Waals surface area contributed by atoms with Gasteiger partial charge in [0.1, 0.15) is 0 Å². The van der Waals surface area contributed by atoms with E-state index in [0.717, 1.165) is 18.5 Å². The molecule has 2 rings (SSSR count). The van der Waals surface area contributed by atoms with Crippen LogP contribution in [0.4, 0.5) is 0 Å². The summed E-state index contributed by atoms with van der Waals surface area (Å²) in [7, 11) is 1.70. The minimum absolute atomic E-state index is 0. The maximum Gasteiger partial charge on any atom is 0.224 e. The minimum atomic E-state index is -0.291. The zero-order chi connectivity index (χ0) is 21.8. The molecule has 0 amide bonds. The average Bonchev–Trinajstić information content (AvgIpc) is 2.76. The zero-order valence-corrected chi connectivity index (χ0v) is 21.4. The molecule has 0 aliphatic heterocycles. The Bertz CT molecular complexity index is 815. The van der Waals surface area contributed by atoms with E-state index in [1.807, 2.05) is 57.2 Å². The molecule has 0 unspecified atom stereocenters. The van der Waals surface area contributed by atoms with Gasteiger partial charge in [-0.3, -0.25) is 0 Å². The third-order valence-electron chi connectivity index (χ3n) is 4.35. The van der Waals surface area contributed by atoms with Crippen molar-refractivity contribution in [1.29, 1.82) is 0 Å². The molecule has 8 heteroatoms. The number of para-hydroxylation sites is 2. The van der Waals surface area contributed by atoms with E-state index in [0.29, 0.717) is 43.0 Å². The minimum Gasteiger partial charge on any atom is -0.490 e. The Hall–Kier alpha value is -2.07. The Balaban J connectivity index is 0.00000480. The molecule has 0 spiro atoms. The fraction of sp³-hybridized carbons (Fsp3) is 0.478. The molecule has 1 heterocycles. The topological polar surface area (TPSA) is 77.0 Å². The van der Waals surface area contributed by atoms with Gasteiger partial charge in [-0.1, -0.05) is 25.1 Å². The number of guanidine groups is 1. The van der Waals surface area contributed by atoms with Gasteiger partial charge in [0.05, 0.1) is 18.8 Å². The van der Waals surface area contributed by atoms with Crippen LogP contribution in [-0.4, -0.2) is 43.4 Å². The van der Waals surface area contributed by atoms with Crippen molar-refractivity contribution in [2.75, 3.05) is 26.8 Å². The Morgan fingerprint density at radius 3 is 2.48 bits per heavy atom. The number of hydrogen-bond acceptors (Lipinski definition) is 5. The second-order valence-corrected chi connectivity index (χ2v) is 7.38. The molecule has 31 heavy (non-hydrogen) atoms. The number of methoxy groups -OCH3 is 1. The maximum atomic E-state index is 6.10. The molecule has 0 aliphatic rings. The van der Waals surface area contributed by atoms with E-state index in [-0.39, 0.29) is 29.6 Å². The van der Waals surface area contributed by atoms with Crippen LogP contribution in [0.25, 0.3) is 0 Å². The van der Waals surface area contributed by atoms with E-state index in [1.165, 1.54) is 0 Å². The third kappa shape index (κ3) is 9.30. The van der Waals surface area contributed by atoms with Crippen molar-refractivity contribution in [2.24, 2.45) is 4.99 Å². The van der Waals surface area contributed by atoms with Crippen LogP contribution in [0.3, 0.4) is 0 Å². The quantitative estimate of drug-likeness (QED) is 0.242. The van der Waals surface area contributed by atoms with Gasteiger partial charge in [-0.2, -0.15) is 0 Å². The van der Waals surface area contributed by atoms with Crippen LogP contribution >= 0.6 is 24.0 Å². The molecule has 172 valence electrons. The number of halogens is 1. The Kier molecular flexibility index (Phi) is 12.2. The van der Waals surface area contributed by atoms with Gasteiger partial charge in [-0.25, -0.2) is 9.98 Å². The molecule has 0 aliphatic carbocycles. The highest BCUT2D eigenvalue weighted by molar-refractivity contribution is 14.0. The summed E-state index contributed by atoms with van der Waals surface area (Å²) in [5.74, 6) is 2.57. The fourth-order valence-electron chi connectivity index (χ4n) is 2.48. The molecule has 0 fully saturated rings. The molecule has 0 saturated carbocycles. The van der Waals surface area contributed by atoms with E-state index in [4.69, 9.17) is 14.2 Å². The molecule has 0 atom stereocenters.